The van der Waals surface area contributed by atoms with Crippen LogP contribution in [0.4, 0.5) is 0 Å². The summed E-state index contributed by atoms with van der Waals surface area (Å²) in [6, 6.07) is 6.61. The molecule has 1 atom stereocenters. The van der Waals surface area contributed by atoms with Crippen LogP contribution in [0, 0.1) is 0 Å². The van der Waals surface area contributed by atoms with Crippen molar-refractivity contribution in [2.75, 3.05) is 20.3 Å². The van der Waals surface area contributed by atoms with E-state index in [9.17, 15) is 9.90 Å². The number of methoxy groups -OCH3 is 1. The van der Waals surface area contributed by atoms with Gasteiger partial charge in [-0.15, -0.1) is 0 Å². The first-order valence-electron chi connectivity index (χ1n) is 5.24. The summed E-state index contributed by atoms with van der Waals surface area (Å²) in [5, 5.41) is 20.9. The molecule has 0 fully saturated rings. The van der Waals surface area contributed by atoms with Gasteiger partial charge in [0.15, 0.2) is 0 Å². The minimum absolute atomic E-state index is 0.00559. The number of carbonyl (C=O) groups excluding carboxylic acids is 1. The summed E-state index contributed by atoms with van der Waals surface area (Å²) in [5.74, 6) is 0.366. The molecule has 3 N–H and O–H groups in total. The van der Waals surface area contributed by atoms with Gasteiger partial charge < -0.3 is 20.3 Å². The first-order chi connectivity index (χ1) is 7.98. The van der Waals surface area contributed by atoms with E-state index in [-0.39, 0.29) is 12.5 Å². The Bertz CT molecular complexity index is 373. The Labute approximate surface area is 100 Å². The third kappa shape index (κ3) is 4.05. The molecule has 5 nitrogen and oxygen atoms in total. The number of aliphatic hydroxyl groups is 2. The number of aliphatic hydroxyl groups excluding tert-OH is 1. The lowest BCUT2D eigenvalue weighted by Crippen LogP contribution is -2.43. The highest BCUT2D eigenvalue weighted by Gasteiger charge is 2.20. The van der Waals surface area contributed by atoms with Crippen molar-refractivity contribution >= 4 is 5.91 Å². The minimum atomic E-state index is -1.30. The highest BCUT2D eigenvalue weighted by molar-refractivity contribution is 5.94. The molecule has 0 bridgehead atoms. The zero-order valence-corrected chi connectivity index (χ0v) is 9.93. The molecule has 0 spiro atoms. The Balaban J connectivity index is 2.58. The number of ether oxygens (including phenoxy) is 1. The lowest BCUT2D eigenvalue weighted by molar-refractivity contribution is 0.00320. The largest absolute Gasteiger partial charge is 0.497 e. The molecule has 1 unspecified atom stereocenters. The number of carbonyl (C=O) groups is 1. The van der Waals surface area contributed by atoms with Gasteiger partial charge in [0.2, 0.25) is 0 Å². The van der Waals surface area contributed by atoms with Gasteiger partial charge >= 0.3 is 0 Å². The number of rotatable bonds is 5. The van der Waals surface area contributed by atoms with Gasteiger partial charge in [-0.25, -0.2) is 0 Å². The molecule has 1 rings (SSSR count). The Morgan fingerprint density at radius 2 is 2.00 bits per heavy atom. The van der Waals surface area contributed by atoms with Crippen LogP contribution in [0.1, 0.15) is 17.3 Å². The predicted octanol–water partition coefficient (Wildman–Crippen LogP) is 0.168. The van der Waals surface area contributed by atoms with E-state index in [1.807, 2.05) is 0 Å². The van der Waals surface area contributed by atoms with Gasteiger partial charge in [0.25, 0.3) is 5.91 Å². The normalized spacial score (nSPS) is 13.9. The third-order valence-corrected chi connectivity index (χ3v) is 2.32. The molecule has 0 aliphatic rings. The van der Waals surface area contributed by atoms with Crippen LogP contribution in [0.25, 0.3) is 0 Å². The zero-order chi connectivity index (χ0) is 12.9. The molecule has 0 radical (unpaired) electrons. The SMILES string of the molecule is COc1ccc(C(=O)NCC(C)(O)CO)cc1. The standard InChI is InChI=1S/C12H17NO4/c1-12(16,8-14)7-13-11(15)9-3-5-10(17-2)6-4-9/h3-6,14,16H,7-8H2,1-2H3,(H,13,15). The van der Waals surface area contributed by atoms with Crippen LogP contribution < -0.4 is 10.1 Å². The van der Waals surface area contributed by atoms with Gasteiger partial charge in [0.05, 0.1) is 13.7 Å². The number of hydrogen-bond acceptors (Lipinski definition) is 4. The average Bonchev–Trinajstić information content (AvgIpc) is 2.36. The molecule has 5 heteroatoms. The predicted molar refractivity (Wildman–Crippen MR) is 63.0 cm³/mol. The molecule has 1 aromatic rings. The average molecular weight is 239 g/mol. The molecule has 17 heavy (non-hydrogen) atoms. The molecule has 0 heterocycles. The van der Waals surface area contributed by atoms with Crippen LogP contribution in [0.2, 0.25) is 0 Å². The van der Waals surface area contributed by atoms with Gasteiger partial charge in [-0.2, -0.15) is 0 Å². The Morgan fingerprint density at radius 3 is 2.47 bits per heavy atom. The fourth-order valence-corrected chi connectivity index (χ4v) is 1.17. The van der Waals surface area contributed by atoms with E-state index < -0.39 is 12.2 Å². The Hall–Kier alpha value is -1.59. The monoisotopic (exact) mass is 239 g/mol. The van der Waals surface area contributed by atoms with Crippen molar-refractivity contribution in [1.82, 2.24) is 5.32 Å². The molecule has 1 amide bonds. The van der Waals surface area contributed by atoms with Crippen LogP contribution in [-0.4, -0.2) is 42.0 Å². The van der Waals surface area contributed by atoms with Crippen molar-refractivity contribution in [3.8, 4) is 5.75 Å². The molecule has 0 aliphatic heterocycles. The van der Waals surface area contributed by atoms with E-state index in [1.165, 1.54) is 6.92 Å². The van der Waals surface area contributed by atoms with E-state index in [0.29, 0.717) is 11.3 Å². The van der Waals surface area contributed by atoms with Crippen molar-refractivity contribution in [3.05, 3.63) is 29.8 Å². The third-order valence-electron chi connectivity index (χ3n) is 2.32. The van der Waals surface area contributed by atoms with Crippen molar-refractivity contribution in [2.24, 2.45) is 0 Å². The molecule has 0 aliphatic carbocycles. The number of nitrogens with one attached hydrogen (secondary N) is 1. The van der Waals surface area contributed by atoms with E-state index in [4.69, 9.17) is 9.84 Å². The smallest absolute Gasteiger partial charge is 0.251 e. The fourth-order valence-electron chi connectivity index (χ4n) is 1.17. The highest BCUT2D eigenvalue weighted by Crippen LogP contribution is 2.11. The zero-order valence-electron chi connectivity index (χ0n) is 9.93. The Kier molecular flexibility index (Phi) is 4.48. The second-order valence-corrected chi connectivity index (χ2v) is 4.07. The lowest BCUT2D eigenvalue weighted by atomic mass is 10.1. The topological polar surface area (TPSA) is 78.8 Å². The number of amides is 1. The summed E-state index contributed by atoms with van der Waals surface area (Å²) in [6.07, 6.45) is 0. The summed E-state index contributed by atoms with van der Waals surface area (Å²) in [4.78, 5) is 11.7. The second kappa shape index (κ2) is 5.65. The van der Waals surface area contributed by atoms with Gasteiger partial charge in [-0.3, -0.25) is 4.79 Å². The van der Waals surface area contributed by atoms with E-state index in [1.54, 1.807) is 31.4 Å². The van der Waals surface area contributed by atoms with Gasteiger partial charge in [-0.05, 0) is 31.2 Å². The van der Waals surface area contributed by atoms with Gasteiger partial charge in [0.1, 0.15) is 11.4 Å². The first kappa shape index (κ1) is 13.5. The quantitative estimate of drug-likeness (QED) is 0.684. The van der Waals surface area contributed by atoms with Crippen LogP contribution in [0.3, 0.4) is 0 Å². The highest BCUT2D eigenvalue weighted by atomic mass is 16.5. The van der Waals surface area contributed by atoms with Crippen molar-refractivity contribution in [1.29, 1.82) is 0 Å². The molecule has 94 valence electrons. The number of hydrogen-bond donors (Lipinski definition) is 3. The van der Waals surface area contributed by atoms with Crippen molar-refractivity contribution in [2.45, 2.75) is 12.5 Å². The summed E-state index contributed by atoms with van der Waals surface area (Å²) in [6.45, 7) is 1.03. The maximum atomic E-state index is 11.7. The van der Waals surface area contributed by atoms with E-state index in [2.05, 4.69) is 5.32 Å². The molecule has 0 saturated carbocycles. The molecule has 0 aromatic heterocycles. The van der Waals surface area contributed by atoms with Crippen LogP contribution >= 0.6 is 0 Å². The van der Waals surface area contributed by atoms with Crippen molar-refractivity contribution < 1.29 is 19.7 Å². The number of benzene rings is 1. The van der Waals surface area contributed by atoms with Crippen molar-refractivity contribution in [3.63, 3.8) is 0 Å². The summed E-state index contributed by atoms with van der Waals surface area (Å²) in [5.41, 5.74) is -0.832. The maximum absolute atomic E-state index is 11.7. The van der Waals surface area contributed by atoms with Crippen LogP contribution in [0.15, 0.2) is 24.3 Å². The minimum Gasteiger partial charge on any atom is -0.497 e. The Morgan fingerprint density at radius 1 is 1.41 bits per heavy atom. The second-order valence-electron chi connectivity index (χ2n) is 4.07. The van der Waals surface area contributed by atoms with Crippen LogP contribution in [-0.2, 0) is 0 Å². The molecular formula is C12H17NO4. The first-order valence-corrected chi connectivity index (χ1v) is 5.24. The van der Waals surface area contributed by atoms with E-state index >= 15 is 0 Å². The van der Waals surface area contributed by atoms with E-state index in [0.717, 1.165) is 0 Å². The molecular weight excluding hydrogens is 222 g/mol. The molecule has 1 aromatic carbocycles. The van der Waals surface area contributed by atoms with Gasteiger partial charge in [-0.1, -0.05) is 0 Å². The summed E-state index contributed by atoms with van der Waals surface area (Å²) >= 11 is 0. The fraction of sp³-hybridized carbons (Fsp3) is 0.417. The maximum Gasteiger partial charge on any atom is 0.251 e. The summed E-state index contributed by atoms with van der Waals surface area (Å²) < 4.78 is 4.98. The molecule has 0 saturated heterocycles. The summed E-state index contributed by atoms with van der Waals surface area (Å²) in [7, 11) is 1.55. The van der Waals surface area contributed by atoms with Crippen LogP contribution in [0.5, 0.6) is 5.75 Å². The van der Waals surface area contributed by atoms with Gasteiger partial charge in [0, 0.05) is 12.1 Å². The lowest BCUT2D eigenvalue weighted by Gasteiger charge is -2.20.